The van der Waals surface area contributed by atoms with Crippen molar-refractivity contribution in [3.63, 3.8) is 0 Å². The Morgan fingerprint density at radius 3 is 2.11 bits per heavy atom. The highest BCUT2D eigenvalue weighted by Gasteiger charge is 2.41. The normalized spacial score (nSPS) is 17.9. The third-order valence-corrected chi connectivity index (χ3v) is 20.1. The molecule has 2 aromatic rings. The van der Waals surface area contributed by atoms with Gasteiger partial charge < -0.3 is 14.0 Å². The highest BCUT2D eigenvalue weighted by atomic mass is 32.2. The summed E-state index contributed by atoms with van der Waals surface area (Å²) in [7, 11) is -4.00. The minimum Gasteiger partial charge on any atom is -0.544 e. The molecule has 1 saturated heterocycles. The Balaban J connectivity index is 1.66. The van der Waals surface area contributed by atoms with Crippen LogP contribution in [-0.2, 0) is 22.1 Å². The first-order valence-corrected chi connectivity index (χ1v) is 23.2. The Bertz CT molecular complexity index is 1240. The quantitative estimate of drug-likeness (QED) is 0.169. The molecule has 0 bridgehead atoms. The fourth-order valence-corrected chi connectivity index (χ4v) is 8.69. The van der Waals surface area contributed by atoms with Crippen LogP contribution in [0.15, 0.2) is 54.6 Å². The van der Waals surface area contributed by atoms with Crippen LogP contribution >= 0.6 is 24.0 Å². The molecule has 3 rings (SSSR count). The lowest BCUT2D eigenvalue weighted by atomic mass is 10.0. The molecule has 0 aromatic heterocycles. The molecule has 3 atom stereocenters. The Kier molecular flexibility index (Phi) is 12.6. The van der Waals surface area contributed by atoms with Crippen LogP contribution in [0.5, 0.6) is 5.75 Å². The molecule has 1 aliphatic heterocycles. The lowest BCUT2D eigenvalue weighted by Gasteiger charge is -2.40. The maximum atomic E-state index is 13.5. The monoisotopic (exact) mass is 673 g/mol. The molecule has 1 fully saturated rings. The highest BCUT2D eigenvalue weighted by Crippen LogP contribution is 2.39. The minimum atomic E-state index is -2.10. The van der Waals surface area contributed by atoms with Gasteiger partial charge in [0.1, 0.15) is 10.1 Å². The zero-order valence-electron chi connectivity index (χ0n) is 28.6. The van der Waals surface area contributed by atoms with Crippen LogP contribution in [0.4, 0.5) is 0 Å². The van der Waals surface area contributed by atoms with Crippen LogP contribution in [0.1, 0.15) is 71.9 Å². The van der Waals surface area contributed by atoms with Gasteiger partial charge in [-0.25, -0.2) is 0 Å². The van der Waals surface area contributed by atoms with Crippen molar-refractivity contribution in [1.29, 1.82) is 0 Å². The second-order valence-electron chi connectivity index (χ2n) is 15.3. The van der Waals surface area contributed by atoms with E-state index in [1.807, 2.05) is 18.2 Å². The summed E-state index contributed by atoms with van der Waals surface area (Å²) >= 11 is 7.13. The second-order valence-corrected chi connectivity index (χ2v) is 26.5. The number of rotatable bonds is 13. The molecule has 0 unspecified atom stereocenters. The van der Waals surface area contributed by atoms with E-state index >= 15 is 0 Å². The number of hydrogen-bond donors (Lipinski definition) is 1. The molecule has 0 aliphatic carbocycles. The number of nitrogens with zero attached hydrogens (tertiary/aromatic N) is 1. The van der Waals surface area contributed by atoms with Gasteiger partial charge in [-0.1, -0.05) is 108 Å². The van der Waals surface area contributed by atoms with Crippen molar-refractivity contribution in [2.75, 3.05) is 5.75 Å². The Morgan fingerprint density at radius 2 is 1.55 bits per heavy atom. The zero-order chi connectivity index (χ0) is 32.9. The summed E-state index contributed by atoms with van der Waals surface area (Å²) in [5.74, 6) is 1.61. The lowest BCUT2D eigenvalue weighted by Crippen LogP contribution is -2.45. The Hall–Kier alpha value is -1.50. The van der Waals surface area contributed by atoms with Crippen LogP contribution in [-0.4, -0.2) is 60.9 Å². The van der Waals surface area contributed by atoms with Crippen molar-refractivity contribution in [3.05, 3.63) is 65.7 Å². The molecule has 2 aromatic carbocycles. The van der Waals surface area contributed by atoms with Gasteiger partial charge in [0.25, 0.3) is 0 Å². The van der Waals surface area contributed by atoms with Gasteiger partial charge in [0.15, 0.2) is 8.32 Å². The van der Waals surface area contributed by atoms with Crippen molar-refractivity contribution in [2.45, 2.75) is 128 Å². The summed E-state index contributed by atoms with van der Waals surface area (Å²) in [4.78, 5) is 15.2. The topological polar surface area (TPSA) is 59.0 Å². The molecule has 1 heterocycles. The lowest BCUT2D eigenvalue weighted by molar-refractivity contribution is -0.130. The van der Waals surface area contributed by atoms with E-state index in [0.717, 1.165) is 30.8 Å². The summed E-state index contributed by atoms with van der Waals surface area (Å²) in [6.45, 7) is 22.5. The zero-order valence-corrected chi connectivity index (χ0v) is 32.2. The summed E-state index contributed by atoms with van der Waals surface area (Å²) in [5, 5.41) is 11.4. The van der Waals surface area contributed by atoms with Gasteiger partial charge in [-0.15, -0.1) is 0 Å². The Labute approximate surface area is 278 Å². The summed E-state index contributed by atoms with van der Waals surface area (Å²) in [6.07, 6.45) is 1.86. The summed E-state index contributed by atoms with van der Waals surface area (Å²) < 4.78 is 13.9. The molecular weight excluding hydrogens is 619 g/mol. The average molecular weight is 674 g/mol. The van der Waals surface area contributed by atoms with Crippen LogP contribution < -0.4 is 4.43 Å². The second kappa shape index (κ2) is 14.9. The summed E-state index contributed by atoms with van der Waals surface area (Å²) in [6, 6.07) is 18.7. The van der Waals surface area contributed by atoms with Gasteiger partial charge in [0.2, 0.25) is 14.2 Å². The maximum Gasteiger partial charge on any atom is 0.250 e. The number of thiocarbonyl (C=S) groups is 1. The van der Waals surface area contributed by atoms with Crippen molar-refractivity contribution in [2.24, 2.45) is 0 Å². The van der Waals surface area contributed by atoms with Gasteiger partial charge >= 0.3 is 0 Å². The first-order chi connectivity index (χ1) is 20.3. The van der Waals surface area contributed by atoms with Crippen molar-refractivity contribution in [1.82, 2.24) is 4.90 Å². The fourth-order valence-electron chi connectivity index (χ4n) is 4.81. The first-order valence-electron chi connectivity index (χ1n) is 16.0. The number of hydrogen-bond acceptors (Lipinski definition) is 6. The third kappa shape index (κ3) is 10.3. The van der Waals surface area contributed by atoms with Crippen LogP contribution in [0, 0.1) is 0 Å². The van der Waals surface area contributed by atoms with Crippen LogP contribution in [0.25, 0.3) is 0 Å². The van der Waals surface area contributed by atoms with Crippen molar-refractivity contribution in [3.8, 4) is 5.75 Å². The number of amides is 1. The van der Waals surface area contributed by atoms with E-state index in [-0.39, 0.29) is 34.6 Å². The SMILES string of the molecule is CC(C)(C)[Si](C)(C)Oc1ccc(CC[C@@H](C[C@H](O)CC(=O)N2C(=S)SC[C@@H]2Cc2ccccc2)O[Si](C)(C)C(C)(C)C)cc1. The van der Waals surface area contributed by atoms with Gasteiger partial charge in [0.05, 0.1) is 18.6 Å². The largest absolute Gasteiger partial charge is 0.544 e. The van der Waals surface area contributed by atoms with Gasteiger partial charge in [0, 0.05) is 11.9 Å². The van der Waals surface area contributed by atoms with Gasteiger partial charge in [-0.2, -0.15) is 0 Å². The first kappa shape index (κ1) is 37.0. The molecule has 44 heavy (non-hydrogen) atoms. The fraction of sp³-hybridized carbons (Fsp3) is 0.600. The standard InChI is InChI=1S/C35H55NO4S2Si2/c1-34(2,3)43(7,8)39-30-19-16-26(17-20-30)18-21-31(40-44(9,10)35(4,5)6)23-29(37)24-32(38)36-28(25-42-33(36)41)22-27-14-12-11-13-15-27/h11-17,19-20,28-29,31,37H,18,21-25H2,1-10H3/t28-,29-,31-/m0/s1. The smallest absolute Gasteiger partial charge is 0.250 e. The third-order valence-electron chi connectivity index (χ3n) is 9.61. The van der Waals surface area contributed by atoms with Crippen molar-refractivity contribution >= 4 is 50.8 Å². The van der Waals surface area contributed by atoms with E-state index in [0.29, 0.717) is 10.7 Å². The van der Waals surface area contributed by atoms with E-state index < -0.39 is 22.7 Å². The number of aryl methyl sites for hydroxylation is 1. The maximum absolute atomic E-state index is 13.5. The number of aliphatic hydroxyl groups excluding tert-OH is 1. The van der Waals surface area contributed by atoms with Crippen molar-refractivity contribution < 1.29 is 18.8 Å². The summed E-state index contributed by atoms with van der Waals surface area (Å²) in [5.41, 5.74) is 2.40. The molecular formula is C35H55NO4S2Si2. The van der Waals surface area contributed by atoms with Gasteiger partial charge in [-0.3, -0.25) is 9.69 Å². The molecule has 1 N–H and O–H groups in total. The molecule has 1 aliphatic rings. The van der Waals surface area contributed by atoms with E-state index in [9.17, 15) is 9.90 Å². The van der Waals surface area contributed by atoms with E-state index in [1.54, 1.807) is 16.7 Å². The molecule has 9 heteroatoms. The number of carbonyl (C=O) groups is 1. The highest BCUT2D eigenvalue weighted by molar-refractivity contribution is 8.23. The minimum absolute atomic E-state index is 0.0115. The number of aliphatic hydroxyl groups is 1. The van der Waals surface area contributed by atoms with Crippen LogP contribution in [0.3, 0.4) is 0 Å². The molecule has 1 amide bonds. The number of carbonyl (C=O) groups excluding carboxylic acids is 1. The van der Waals surface area contributed by atoms with E-state index in [4.69, 9.17) is 21.1 Å². The van der Waals surface area contributed by atoms with E-state index in [1.165, 1.54) is 11.1 Å². The van der Waals surface area contributed by atoms with E-state index in [2.05, 4.69) is 104 Å². The predicted molar refractivity (Wildman–Crippen MR) is 196 cm³/mol. The molecule has 5 nitrogen and oxygen atoms in total. The molecule has 244 valence electrons. The molecule has 0 spiro atoms. The molecule has 0 radical (unpaired) electrons. The molecule has 0 saturated carbocycles. The predicted octanol–water partition coefficient (Wildman–Crippen LogP) is 9.01. The number of benzene rings is 2. The van der Waals surface area contributed by atoms with Crippen LogP contribution in [0.2, 0.25) is 36.3 Å². The number of thioether (sulfide) groups is 1. The average Bonchev–Trinajstić information content (AvgIpc) is 3.26. The van der Waals surface area contributed by atoms with Gasteiger partial charge in [-0.05, 0) is 85.2 Å². The Morgan fingerprint density at radius 1 is 0.955 bits per heavy atom.